The van der Waals surface area contributed by atoms with Crippen LogP contribution in [-0.4, -0.2) is 40.3 Å². The van der Waals surface area contributed by atoms with Crippen molar-refractivity contribution in [3.05, 3.63) is 34.2 Å². The van der Waals surface area contributed by atoms with Gasteiger partial charge in [0, 0.05) is 24.7 Å². The third-order valence-electron chi connectivity index (χ3n) is 4.33. The fourth-order valence-electron chi connectivity index (χ4n) is 2.86. The molecule has 1 atom stereocenters. The van der Waals surface area contributed by atoms with E-state index >= 15 is 0 Å². The number of aromatic nitrogens is 3. The number of aryl methyl sites for hydroxylation is 1. The maximum absolute atomic E-state index is 12.3. The van der Waals surface area contributed by atoms with Crippen molar-refractivity contribution in [2.75, 3.05) is 23.7 Å². The number of hydrogen-bond acceptors (Lipinski definition) is 8. The van der Waals surface area contributed by atoms with Crippen LogP contribution < -0.4 is 30.8 Å². The first-order valence-electron chi connectivity index (χ1n) is 8.21. The van der Waals surface area contributed by atoms with Crippen LogP contribution in [0.25, 0.3) is 0 Å². The van der Waals surface area contributed by atoms with Gasteiger partial charge in [0.25, 0.3) is 5.56 Å². The van der Waals surface area contributed by atoms with E-state index in [1.165, 1.54) is 11.8 Å². The van der Waals surface area contributed by atoms with Gasteiger partial charge in [0.15, 0.2) is 11.5 Å². The molecule has 0 aliphatic carbocycles. The SMILES string of the molecule is Cc1nnc(NNC(=O)[C@H]2CC(=O)N(c3ccc4c(c3)OCO4)C2)[nH]c1=O. The number of nitrogens with zero attached hydrogens (tertiary/aromatic N) is 3. The van der Waals surface area contributed by atoms with Crippen LogP contribution in [0.5, 0.6) is 11.5 Å². The molecule has 0 saturated carbocycles. The molecule has 2 aliphatic heterocycles. The lowest BCUT2D eigenvalue weighted by Crippen LogP contribution is -2.37. The van der Waals surface area contributed by atoms with Gasteiger partial charge in [0.05, 0.1) is 5.92 Å². The van der Waals surface area contributed by atoms with Gasteiger partial charge in [-0.2, -0.15) is 0 Å². The summed E-state index contributed by atoms with van der Waals surface area (Å²) < 4.78 is 10.6. The number of nitrogens with one attached hydrogen (secondary N) is 3. The van der Waals surface area contributed by atoms with E-state index in [1.807, 2.05) is 0 Å². The van der Waals surface area contributed by atoms with Crippen LogP contribution in [-0.2, 0) is 9.59 Å². The van der Waals surface area contributed by atoms with Gasteiger partial charge in [0.2, 0.25) is 24.6 Å². The van der Waals surface area contributed by atoms with Gasteiger partial charge in [-0.15, -0.1) is 10.2 Å². The third-order valence-corrected chi connectivity index (χ3v) is 4.33. The Balaban J connectivity index is 1.40. The Morgan fingerprint density at radius 1 is 1.26 bits per heavy atom. The minimum atomic E-state index is -0.555. The maximum atomic E-state index is 12.3. The molecule has 2 aliphatic rings. The molecule has 0 radical (unpaired) electrons. The van der Waals surface area contributed by atoms with E-state index in [1.54, 1.807) is 18.2 Å². The first-order chi connectivity index (χ1) is 13.0. The van der Waals surface area contributed by atoms with Crippen LogP contribution >= 0.6 is 0 Å². The number of aromatic amines is 1. The fraction of sp³-hybridized carbons (Fsp3) is 0.312. The molecule has 140 valence electrons. The van der Waals surface area contributed by atoms with E-state index in [4.69, 9.17) is 9.47 Å². The summed E-state index contributed by atoms with van der Waals surface area (Å²) in [5, 5.41) is 7.37. The molecule has 2 amide bonds. The second kappa shape index (κ2) is 6.59. The third kappa shape index (κ3) is 3.26. The largest absolute Gasteiger partial charge is 0.454 e. The van der Waals surface area contributed by atoms with Gasteiger partial charge in [-0.3, -0.25) is 30.2 Å². The number of hydrogen-bond donors (Lipinski definition) is 3. The molecular formula is C16H16N6O5. The average molecular weight is 372 g/mol. The number of H-pyrrole nitrogens is 1. The van der Waals surface area contributed by atoms with E-state index in [9.17, 15) is 14.4 Å². The molecule has 3 heterocycles. The van der Waals surface area contributed by atoms with Crippen molar-refractivity contribution in [2.45, 2.75) is 13.3 Å². The zero-order valence-corrected chi connectivity index (χ0v) is 14.3. The summed E-state index contributed by atoms with van der Waals surface area (Å²) in [6.07, 6.45) is 0.0675. The summed E-state index contributed by atoms with van der Waals surface area (Å²) in [7, 11) is 0. The highest BCUT2D eigenvalue weighted by Crippen LogP contribution is 2.37. The standard InChI is InChI=1S/C16H16N6O5/c1-8-14(24)17-16(20-18-8)21-19-15(25)9-4-13(23)22(6-9)10-2-3-11-12(5-10)27-7-26-11/h2-3,5,9H,4,6-7H2,1H3,(H,19,25)(H2,17,20,21,24)/t9-/m0/s1. The normalized spacial score (nSPS) is 17.9. The molecule has 1 aromatic heterocycles. The van der Waals surface area contributed by atoms with Crippen molar-refractivity contribution in [1.82, 2.24) is 20.6 Å². The Kier molecular flexibility index (Phi) is 4.11. The molecule has 0 bridgehead atoms. The van der Waals surface area contributed by atoms with Gasteiger partial charge >= 0.3 is 0 Å². The second-order valence-corrected chi connectivity index (χ2v) is 6.15. The number of rotatable bonds is 4. The molecule has 0 spiro atoms. The molecule has 27 heavy (non-hydrogen) atoms. The zero-order chi connectivity index (χ0) is 19.0. The highest BCUT2D eigenvalue weighted by Gasteiger charge is 2.35. The highest BCUT2D eigenvalue weighted by molar-refractivity contribution is 6.00. The summed E-state index contributed by atoms with van der Waals surface area (Å²) in [5.74, 6) is 0.0812. The first-order valence-corrected chi connectivity index (χ1v) is 8.21. The summed E-state index contributed by atoms with van der Waals surface area (Å²) in [6.45, 7) is 1.89. The zero-order valence-electron chi connectivity index (χ0n) is 14.3. The van der Waals surface area contributed by atoms with Crippen molar-refractivity contribution < 1.29 is 19.1 Å². The van der Waals surface area contributed by atoms with E-state index in [0.29, 0.717) is 17.2 Å². The van der Waals surface area contributed by atoms with Crippen LogP contribution in [0.15, 0.2) is 23.0 Å². The molecular weight excluding hydrogens is 356 g/mol. The van der Waals surface area contributed by atoms with Crippen molar-refractivity contribution in [1.29, 1.82) is 0 Å². The Bertz CT molecular complexity index is 974. The lowest BCUT2D eigenvalue weighted by molar-refractivity contribution is -0.125. The molecule has 1 aromatic carbocycles. The molecule has 3 N–H and O–H groups in total. The predicted octanol–water partition coefficient (Wildman–Crippen LogP) is -0.302. The van der Waals surface area contributed by atoms with Gasteiger partial charge in [0.1, 0.15) is 5.69 Å². The molecule has 1 saturated heterocycles. The number of anilines is 2. The Morgan fingerprint density at radius 3 is 2.89 bits per heavy atom. The number of amides is 2. The van der Waals surface area contributed by atoms with E-state index in [0.717, 1.165) is 0 Å². The minimum absolute atomic E-state index is 0.0101. The molecule has 2 aromatic rings. The predicted molar refractivity (Wildman–Crippen MR) is 92.2 cm³/mol. The van der Waals surface area contributed by atoms with Crippen molar-refractivity contribution in [2.24, 2.45) is 5.92 Å². The molecule has 11 heteroatoms. The Morgan fingerprint density at radius 2 is 2.07 bits per heavy atom. The molecule has 11 nitrogen and oxygen atoms in total. The van der Waals surface area contributed by atoms with Gasteiger partial charge in [-0.25, -0.2) is 0 Å². The number of carbonyl (C=O) groups excluding carboxylic acids is 2. The van der Waals surface area contributed by atoms with E-state index < -0.39 is 17.4 Å². The minimum Gasteiger partial charge on any atom is -0.454 e. The van der Waals surface area contributed by atoms with Gasteiger partial charge < -0.3 is 14.4 Å². The fourth-order valence-corrected chi connectivity index (χ4v) is 2.86. The van der Waals surface area contributed by atoms with Crippen molar-refractivity contribution >= 4 is 23.5 Å². The summed E-state index contributed by atoms with van der Waals surface area (Å²) >= 11 is 0. The number of hydrazine groups is 1. The van der Waals surface area contributed by atoms with Crippen LogP contribution in [0.2, 0.25) is 0 Å². The highest BCUT2D eigenvalue weighted by atomic mass is 16.7. The summed E-state index contributed by atoms with van der Waals surface area (Å²) in [6, 6.07) is 5.19. The smallest absolute Gasteiger partial charge is 0.274 e. The maximum Gasteiger partial charge on any atom is 0.274 e. The number of fused-ring (bicyclic) bond motifs is 1. The van der Waals surface area contributed by atoms with Crippen LogP contribution in [0.1, 0.15) is 12.1 Å². The molecule has 1 fully saturated rings. The lowest BCUT2D eigenvalue weighted by Gasteiger charge is -2.17. The van der Waals surface area contributed by atoms with Crippen LogP contribution in [0.3, 0.4) is 0 Å². The molecule has 0 unspecified atom stereocenters. The topological polar surface area (TPSA) is 139 Å². The first kappa shape index (κ1) is 16.8. The van der Waals surface area contributed by atoms with E-state index in [2.05, 4.69) is 26.0 Å². The Hall–Kier alpha value is -3.63. The summed E-state index contributed by atoms with van der Waals surface area (Å²) in [5.41, 5.74) is 5.38. The number of ether oxygens (including phenoxy) is 2. The van der Waals surface area contributed by atoms with Gasteiger partial charge in [-0.1, -0.05) is 0 Å². The van der Waals surface area contributed by atoms with Crippen molar-refractivity contribution in [3.63, 3.8) is 0 Å². The molecule has 4 rings (SSSR count). The monoisotopic (exact) mass is 372 g/mol. The van der Waals surface area contributed by atoms with Crippen LogP contribution in [0, 0.1) is 12.8 Å². The van der Waals surface area contributed by atoms with Crippen LogP contribution in [0.4, 0.5) is 11.6 Å². The lowest BCUT2D eigenvalue weighted by atomic mass is 10.1. The Labute approximate surface area is 152 Å². The summed E-state index contributed by atoms with van der Waals surface area (Å²) in [4.78, 5) is 40.1. The quantitative estimate of drug-likeness (QED) is 0.622. The second-order valence-electron chi connectivity index (χ2n) is 6.15. The average Bonchev–Trinajstić information content (AvgIpc) is 3.28. The van der Waals surface area contributed by atoms with E-state index in [-0.39, 0.29) is 37.3 Å². The van der Waals surface area contributed by atoms with Crippen molar-refractivity contribution in [3.8, 4) is 11.5 Å². The number of carbonyl (C=O) groups is 2. The number of benzene rings is 1. The van der Waals surface area contributed by atoms with Gasteiger partial charge in [-0.05, 0) is 19.1 Å².